The molecule has 1 saturated carbocycles. The maximum atomic E-state index is 14.0. The molecule has 0 saturated heterocycles. The van der Waals surface area contributed by atoms with E-state index in [1.807, 2.05) is 14.1 Å². The molecule has 0 radical (unpaired) electrons. The summed E-state index contributed by atoms with van der Waals surface area (Å²) in [5, 5.41) is 9.66. The predicted octanol–water partition coefficient (Wildman–Crippen LogP) is 3.73. The van der Waals surface area contributed by atoms with Crippen molar-refractivity contribution in [2.75, 3.05) is 56.8 Å². The fraction of sp³-hybridized carbons (Fsp3) is 0.571. The van der Waals surface area contributed by atoms with Crippen molar-refractivity contribution in [3.05, 3.63) is 24.0 Å². The van der Waals surface area contributed by atoms with Crippen LogP contribution in [0, 0.1) is 11.7 Å². The Hall–Kier alpha value is -2.68. The van der Waals surface area contributed by atoms with Crippen LogP contribution in [0.25, 0.3) is 0 Å². The lowest BCUT2D eigenvalue weighted by molar-refractivity contribution is 0.373. The first-order valence-electron chi connectivity index (χ1n) is 10.5. The SMILES string of the molecule is COc1ccc(Nc2nc(NCCN(C)C)nc(NCC3CCCCC3)n2)cc1F. The summed E-state index contributed by atoms with van der Waals surface area (Å²) in [4.78, 5) is 15.5. The van der Waals surface area contributed by atoms with Crippen LogP contribution in [-0.4, -0.2) is 60.7 Å². The minimum absolute atomic E-state index is 0.192. The fourth-order valence-electron chi connectivity index (χ4n) is 3.48. The van der Waals surface area contributed by atoms with Gasteiger partial charge in [0.25, 0.3) is 0 Å². The van der Waals surface area contributed by atoms with Crippen molar-refractivity contribution >= 4 is 23.5 Å². The molecule has 0 amide bonds. The molecule has 0 bridgehead atoms. The molecule has 1 fully saturated rings. The molecule has 1 aromatic carbocycles. The number of halogens is 1. The third-order valence-electron chi connectivity index (χ3n) is 5.16. The number of ether oxygens (including phenoxy) is 1. The number of methoxy groups -OCH3 is 1. The highest BCUT2D eigenvalue weighted by Gasteiger charge is 2.15. The van der Waals surface area contributed by atoms with Crippen LogP contribution in [0.5, 0.6) is 5.75 Å². The number of hydrogen-bond acceptors (Lipinski definition) is 8. The van der Waals surface area contributed by atoms with E-state index >= 15 is 0 Å². The smallest absolute Gasteiger partial charge is 0.233 e. The van der Waals surface area contributed by atoms with Gasteiger partial charge in [0.15, 0.2) is 11.6 Å². The highest BCUT2D eigenvalue weighted by atomic mass is 19.1. The Morgan fingerprint density at radius 2 is 1.73 bits per heavy atom. The zero-order chi connectivity index (χ0) is 21.3. The predicted molar refractivity (Wildman–Crippen MR) is 118 cm³/mol. The maximum Gasteiger partial charge on any atom is 0.233 e. The Balaban J connectivity index is 1.73. The number of likely N-dealkylation sites (N-methyl/N-ethyl adjacent to an activating group) is 1. The summed E-state index contributed by atoms with van der Waals surface area (Å²) in [5.41, 5.74) is 0.539. The van der Waals surface area contributed by atoms with Crippen molar-refractivity contribution in [2.45, 2.75) is 32.1 Å². The Bertz CT molecular complexity index is 812. The zero-order valence-corrected chi connectivity index (χ0v) is 18.0. The van der Waals surface area contributed by atoms with Gasteiger partial charge in [0.1, 0.15) is 0 Å². The van der Waals surface area contributed by atoms with E-state index in [1.54, 1.807) is 12.1 Å². The summed E-state index contributed by atoms with van der Waals surface area (Å²) in [6.07, 6.45) is 6.38. The molecule has 0 unspecified atom stereocenters. The van der Waals surface area contributed by atoms with E-state index in [4.69, 9.17) is 4.74 Å². The second-order valence-corrected chi connectivity index (χ2v) is 7.90. The molecule has 30 heavy (non-hydrogen) atoms. The van der Waals surface area contributed by atoms with E-state index in [0.717, 1.165) is 13.1 Å². The molecule has 3 N–H and O–H groups in total. The van der Waals surface area contributed by atoms with Gasteiger partial charge in [-0.2, -0.15) is 15.0 Å². The molecule has 164 valence electrons. The number of aromatic nitrogens is 3. The van der Waals surface area contributed by atoms with Crippen molar-refractivity contribution in [1.82, 2.24) is 19.9 Å². The Labute approximate surface area is 177 Å². The normalized spacial score (nSPS) is 14.6. The molecule has 1 aliphatic rings. The second-order valence-electron chi connectivity index (χ2n) is 7.90. The van der Waals surface area contributed by atoms with E-state index in [-0.39, 0.29) is 5.75 Å². The van der Waals surface area contributed by atoms with Gasteiger partial charge < -0.3 is 25.6 Å². The number of anilines is 4. The summed E-state index contributed by atoms with van der Waals surface area (Å²) in [5.74, 6) is 1.74. The third-order valence-corrected chi connectivity index (χ3v) is 5.16. The molecule has 3 rings (SSSR count). The summed E-state index contributed by atoms with van der Waals surface area (Å²) < 4.78 is 19.0. The molecule has 1 aromatic heterocycles. The number of hydrogen-bond donors (Lipinski definition) is 3. The largest absolute Gasteiger partial charge is 0.494 e. The maximum absolute atomic E-state index is 14.0. The standard InChI is InChI=1S/C21H32FN7O/c1-29(2)12-11-23-19-26-20(24-14-15-7-5-4-6-8-15)28-21(27-19)25-16-9-10-18(30-3)17(22)13-16/h9-10,13,15H,4-8,11-12,14H2,1-3H3,(H3,23,24,25,26,27,28). The van der Waals surface area contributed by atoms with Crippen LogP contribution in [0.1, 0.15) is 32.1 Å². The molecule has 1 aliphatic carbocycles. The minimum atomic E-state index is -0.448. The monoisotopic (exact) mass is 417 g/mol. The van der Waals surface area contributed by atoms with E-state index in [1.165, 1.54) is 45.3 Å². The molecule has 9 heteroatoms. The lowest BCUT2D eigenvalue weighted by Crippen LogP contribution is -2.22. The summed E-state index contributed by atoms with van der Waals surface area (Å²) in [7, 11) is 5.46. The number of nitrogens with one attached hydrogen (secondary N) is 3. The molecule has 1 heterocycles. The fourth-order valence-corrected chi connectivity index (χ4v) is 3.48. The second kappa shape index (κ2) is 10.9. The van der Waals surface area contributed by atoms with Crippen molar-refractivity contribution < 1.29 is 9.13 Å². The quantitative estimate of drug-likeness (QED) is 0.539. The van der Waals surface area contributed by atoms with E-state index < -0.39 is 5.82 Å². The van der Waals surface area contributed by atoms with Gasteiger partial charge >= 0.3 is 0 Å². The zero-order valence-electron chi connectivity index (χ0n) is 18.0. The average molecular weight is 418 g/mol. The topological polar surface area (TPSA) is 87.2 Å². The summed E-state index contributed by atoms with van der Waals surface area (Å²) >= 11 is 0. The molecule has 0 spiro atoms. The van der Waals surface area contributed by atoms with E-state index in [9.17, 15) is 4.39 Å². The van der Waals surface area contributed by atoms with Gasteiger partial charge in [-0.3, -0.25) is 0 Å². The van der Waals surface area contributed by atoms with Crippen LogP contribution >= 0.6 is 0 Å². The first-order chi connectivity index (χ1) is 14.5. The highest BCUT2D eigenvalue weighted by Crippen LogP contribution is 2.25. The van der Waals surface area contributed by atoms with Gasteiger partial charge in [0.2, 0.25) is 17.8 Å². The van der Waals surface area contributed by atoms with Gasteiger partial charge in [-0.15, -0.1) is 0 Å². The van der Waals surface area contributed by atoms with Gasteiger partial charge in [-0.25, -0.2) is 4.39 Å². The van der Waals surface area contributed by atoms with Crippen molar-refractivity contribution in [2.24, 2.45) is 5.92 Å². The van der Waals surface area contributed by atoms with Crippen molar-refractivity contribution in [1.29, 1.82) is 0 Å². The Kier molecular flexibility index (Phi) is 8.01. The summed E-state index contributed by atoms with van der Waals surface area (Å²) in [6.45, 7) is 2.40. The molecule has 0 aliphatic heterocycles. The average Bonchev–Trinajstić information content (AvgIpc) is 2.73. The molecular weight excluding hydrogens is 385 g/mol. The first kappa shape index (κ1) is 22.0. The third kappa shape index (κ3) is 6.69. The van der Waals surface area contributed by atoms with Crippen LogP contribution < -0.4 is 20.7 Å². The van der Waals surface area contributed by atoms with Gasteiger partial charge in [-0.05, 0) is 45.0 Å². The van der Waals surface area contributed by atoms with Gasteiger partial charge in [0, 0.05) is 31.4 Å². The number of benzene rings is 1. The van der Waals surface area contributed by atoms with Crippen LogP contribution in [0.3, 0.4) is 0 Å². The first-order valence-corrected chi connectivity index (χ1v) is 10.5. The van der Waals surface area contributed by atoms with Crippen molar-refractivity contribution in [3.8, 4) is 5.75 Å². The van der Waals surface area contributed by atoms with Crippen LogP contribution in [0.2, 0.25) is 0 Å². The number of rotatable bonds is 10. The highest BCUT2D eigenvalue weighted by molar-refractivity contribution is 5.57. The van der Waals surface area contributed by atoms with Crippen molar-refractivity contribution in [3.63, 3.8) is 0 Å². The van der Waals surface area contributed by atoms with Crippen LogP contribution in [0.15, 0.2) is 18.2 Å². The molecule has 8 nitrogen and oxygen atoms in total. The Morgan fingerprint density at radius 3 is 2.40 bits per heavy atom. The molecular formula is C21H32FN7O. The minimum Gasteiger partial charge on any atom is -0.494 e. The van der Waals surface area contributed by atoms with Gasteiger partial charge in [-0.1, -0.05) is 19.3 Å². The molecule has 0 atom stereocenters. The van der Waals surface area contributed by atoms with Crippen LogP contribution in [-0.2, 0) is 0 Å². The van der Waals surface area contributed by atoms with E-state index in [2.05, 4.69) is 35.8 Å². The van der Waals surface area contributed by atoms with Crippen LogP contribution in [0.4, 0.5) is 27.9 Å². The van der Waals surface area contributed by atoms with E-state index in [0.29, 0.717) is 36.0 Å². The lowest BCUT2D eigenvalue weighted by atomic mass is 9.89. The lowest BCUT2D eigenvalue weighted by Gasteiger charge is -2.22. The number of nitrogens with zero attached hydrogens (tertiary/aromatic N) is 4. The molecule has 2 aromatic rings. The Morgan fingerprint density at radius 1 is 1.03 bits per heavy atom. The van der Waals surface area contributed by atoms with Gasteiger partial charge in [0.05, 0.1) is 7.11 Å². The summed E-state index contributed by atoms with van der Waals surface area (Å²) in [6, 6.07) is 4.65.